The van der Waals surface area contributed by atoms with Crippen LogP contribution in [0.1, 0.15) is 18.0 Å². The molecule has 1 fully saturated rings. The molecule has 0 amide bonds. The molecular weight excluding hydrogens is 156 g/mol. The number of hydrogen-bond acceptors (Lipinski definition) is 2. The highest BCUT2D eigenvalue weighted by molar-refractivity contribution is 5.74. The fourth-order valence-electron chi connectivity index (χ4n) is 1.43. The van der Waals surface area contributed by atoms with E-state index in [2.05, 4.69) is 5.10 Å². The van der Waals surface area contributed by atoms with Gasteiger partial charge < -0.3 is 5.11 Å². The van der Waals surface area contributed by atoms with Crippen LogP contribution in [0.5, 0.6) is 0 Å². The summed E-state index contributed by atoms with van der Waals surface area (Å²) in [6.07, 6.45) is 2.58. The van der Waals surface area contributed by atoms with Crippen LogP contribution in [0.3, 0.4) is 0 Å². The van der Waals surface area contributed by atoms with Gasteiger partial charge in [0.15, 0.2) is 0 Å². The Morgan fingerprint density at radius 1 is 1.83 bits per heavy atom. The molecule has 4 nitrogen and oxygen atoms in total. The molecule has 12 heavy (non-hydrogen) atoms. The Kier molecular flexibility index (Phi) is 1.43. The van der Waals surface area contributed by atoms with Crippen LogP contribution in [0, 0.1) is 5.92 Å². The lowest BCUT2D eigenvalue weighted by atomic mass is 10.2. The fourth-order valence-corrected chi connectivity index (χ4v) is 1.43. The van der Waals surface area contributed by atoms with Crippen molar-refractivity contribution in [1.29, 1.82) is 0 Å². The van der Waals surface area contributed by atoms with Crippen LogP contribution >= 0.6 is 0 Å². The first-order valence-corrected chi connectivity index (χ1v) is 3.91. The molecule has 1 aliphatic carbocycles. The molecule has 0 saturated heterocycles. The number of carbonyl (C=O) groups is 1. The predicted molar refractivity (Wildman–Crippen MR) is 41.7 cm³/mol. The molecule has 64 valence electrons. The van der Waals surface area contributed by atoms with Gasteiger partial charge in [0.1, 0.15) is 0 Å². The lowest BCUT2D eigenvalue weighted by Gasteiger charge is -1.89. The molecule has 1 unspecified atom stereocenters. The SMILES string of the molecule is Cn1ccc(C2C[C@H]2C(=O)O)n1. The zero-order chi connectivity index (χ0) is 8.72. The minimum atomic E-state index is -0.703. The van der Waals surface area contributed by atoms with Crippen molar-refractivity contribution in [2.75, 3.05) is 0 Å². The molecule has 0 spiro atoms. The predicted octanol–water partition coefficient (Wildman–Crippen LogP) is 0.608. The van der Waals surface area contributed by atoms with Gasteiger partial charge in [0.25, 0.3) is 0 Å². The summed E-state index contributed by atoms with van der Waals surface area (Å²) in [4.78, 5) is 10.5. The van der Waals surface area contributed by atoms with E-state index in [0.29, 0.717) is 0 Å². The molecule has 1 aromatic rings. The molecule has 0 radical (unpaired) electrons. The van der Waals surface area contributed by atoms with Crippen molar-refractivity contribution >= 4 is 5.97 Å². The molecular formula is C8H10N2O2. The second-order valence-electron chi connectivity index (χ2n) is 3.20. The third-order valence-corrected chi connectivity index (χ3v) is 2.22. The molecule has 1 N–H and O–H groups in total. The smallest absolute Gasteiger partial charge is 0.307 e. The van der Waals surface area contributed by atoms with Gasteiger partial charge in [-0.3, -0.25) is 9.48 Å². The van der Waals surface area contributed by atoms with E-state index in [-0.39, 0.29) is 11.8 Å². The summed E-state index contributed by atoms with van der Waals surface area (Å²) >= 11 is 0. The van der Waals surface area contributed by atoms with E-state index in [1.807, 2.05) is 19.3 Å². The molecule has 4 heteroatoms. The number of aliphatic carboxylic acids is 1. The normalized spacial score (nSPS) is 27.1. The molecule has 2 rings (SSSR count). The average molecular weight is 166 g/mol. The van der Waals surface area contributed by atoms with E-state index in [1.54, 1.807) is 4.68 Å². The lowest BCUT2D eigenvalue weighted by molar-refractivity contribution is -0.138. The Morgan fingerprint density at radius 2 is 2.58 bits per heavy atom. The van der Waals surface area contributed by atoms with E-state index >= 15 is 0 Å². The number of rotatable bonds is 2. The second kappa shape index (κ2) is 2.33. The largest absolute Gasteiger partial charge is 0.481 e. The number of nitrogens with zero attached hydrogens (tertiary/aromatic N) is 2. The number of aryl methyl sites for hydroxylation is 1. The van der Waals surface area contributed by atoms with Gasteiger partial charge in [0.05, 0.1) is 11.6 Å². The topological polar surface area (TPSA) is 55.1 Å². The van der Waals surface area contributed by atoms with Crippen molar-refractivity contribution in [2.24, 2.45) is 13.0 Å². The van der Waals surface area contributed by atoms with Crippen LogP contribution in [0.15, 0.2) is 12.3 Å². The summed E-state index contributed by atoms with van der Waals surface area (Å²) in [5.74, 6) is -0.741. The first-order valence-electron chi connectivity index (χ1n) is 3.91. The van der Waals surface area contributed by atoms with Crippen molar-refractivity contribution < 1.29 is 9.90 Å². The van der Waals surface area contributed by atoms with E-state index < -0.39 is 5.97 Å². The Labute approximate surface area is 69.8 Å². The van der Waals surface area contributed by atoms with Crippen molar-refractivity contribution in [3.63, 3.8) is 0 Å². The van der Waals surface area contributed by atoms with Crippen LogP contribution in [0.25, 0.3) is 0 Å². The maximum Gasteiger partial charge on any atom is 0.307 e. The molecule has 2 atom stereocenters. The van der Waals surface area contributed by atoms with Crippen molar-refractivity contribution in [2.45, 2.75) is 12.3 Å². The summed E-state index contributed by atoms with van der Waals surface area (Å²) in [7, 11) is 1.83. The van der Waals surface area contributed by atoms with Gasteiger partial charge in [-0.25, -0.2) is 0 Å². The summed E-state index contributed by atoms with van der Waals surface area (Å²) < 4.78 is 1.70. The van der Waals surface area contributed by atoms with Crippen LogP contribution in [-0.2, 0) is 11.8 Å². The molecule has 1 aliphatic rings. The molecule has 1 saturated carbocycles. The van der Waals surface area contributed by atoms with Crippen LogP contribution in [0.4, 0.5) is 0 Å². The number of carboxylic acids is 1. The zero-order valence-electron chi connectivity index (χ0n) is 6.77. The summed E-state index contributed by atoms with van der Waals surface area (Å²) in [5.41, 5.74) is 0.907. The highest BCUT2D eigenvalue weighted by Gasteiger charge is 2.45. The van der Waals surface area contributed by atoms with Gasteiger partial charge >= 0.3 is 5.97 Å². The molecule has 0 bridgehead atoms. The number of hydrogen-bond donors (Lipinski definition) is 1. The molecule has 0 aliphatic heterocycles. The Morgan fingerprint density at radius 3 is 3.00 bits per heavy atom. The molecule has 0 aromatic carbocycles. The van der Waals surface area contributed by atoms with Crippen LogP contribution < -0.4 is 0 Å². The van der Waals surface area contributed by atoms with Crippen molar-refractivity contribution in [1.82, 2.24) is 9.78 Å². The standard InChI is InChI=1S/C8H10N2O2/c1-10-3-2-7(9-10)5-4-6(5)8(11)12/h2-3,5-6H,4H2,1H3,(H,11,12)/t5?,6-/m1/s1. The Hall–Kier alpha value is -1.32. The lowest BCUT2D eigenvalue weighted by Crippen LogP contribution is -1.99. The van der Waals surface area contributed by atoms with Crippen LogP contribution in [0.2, 0.25) is 0 Å². The first-order chi connectivity index (χ1) is 5.68. The maximum atomic E-state index is 10.5. The third kappa shape index (κ3) is 1.09. The maximum absolute atomic E-state index is 10.5. The highest BCUT2D eigenvalue weighted by Crippen LogP contribution is 2.46. The van der Waals surface area contributed by atoms with E-state index in [9.17, 15) is 4.79 Å². The monoisotopic (exact) mass is 166 g/mol. The summed E-state index contributed by atoms with van der Waals surface area (Å²) in [5, 5.41) is 12.8. The summed E-state index contributed by atoms with van der Waals surface area (Å²) in [6, 6.07) is 1.88. The van der Waals surface area contributed by atoms with E-state index in [0.717, 1.165) is 12.1 Å². The van der Waals surface area contributed by atoms with Gasteiger partial charge in [-0.15, -0.1) is 0 Å². The summed E-state index contributed by atoms with van der Waals surface area (Å²) in [6.45, 7) is 0. The average Bonchev–Trinajstić information content (AvgIpc) is 2.70. The Balaban J connectivity index is 2.10. The number of carboxylic acid groups (broad SMARTS) is 1. The van der Waals surface area contributed by atoms with Gasteiger partial charge in [0.2, 0.25) is 0 Å². The van der Waals surface area contributed by atoms with E-state index in [1.165, 1.54) is 0 Å². The number of aromatic nitrogens is 2. The Bertz CT molecular complexity index is 319. The quantitative estimate of drug-likeness (QED) is 0.700. The molecule has 1 aromatic heterocycles. The van der Waals surface area contributed by atoms with Crippen LogP contribution in [-0.4, -0.2) is 20.9 Å². The van der Waals surface area contributed by atoms with Gasteiger partial charge in [-0.05, 0) is 12.5 Å². The van der Waals surface area contributed by atoms with Gasteiger partial charge in [-0.2, -0.15) is 5.10 Å². The zero-order valence-corrected chi connectivity index (χ0v) is 6.77. The fraction of sp³-hybridized carbons (Fsp3) is 0.500. The van der Waals surface area contributed by atoms with Crippen molar-refractivity contribution in [3.05, 3.63) is 18.0 Å². The second-order valence-corrected chi connectivity index (χ2v) is 3.20. The van der Waals surface area contributed by atoms with Gasteiger partial charge in [-0.1, -0.05) is 0 Å². The first kappa shape index (κ1) is 7.34. The van der Waals surface area contributed by atoms with E-state index in [4.69, 9.17) is 5.11 Å². The third-order valence-electron chi connectivity index (χ3n) is 2.22. The minimum Gasteiger partial charge on any atom is -0.481 e. The highest BCUT2D eigenvalue weighted by atomic mass is 16.4. The minimum absolute atomic E-state index is 0.156. The van der Waals surface area contributed by atoms with Crippen molar-refractivity contribution in [3.8, 4) is 0 Å². The van der Waals surface area contributed by atoms with Gasteiger partial charge in [0, 0.05) is 19.2 Å². The molecule has 1 heterocycles.